The summed E-state index contributed by atoms with van der Waals surface area (Å²) in [5, 5.41) is 2.01. The van der Waals surface area contributed by atoms with Crippen molar-refractivity contribution >= 4 is 22.9 Å². The number of carbonyl (C=O) groups excluding carboxylic acids is 1. The van der Waals surface area contributed by atoms with Crippen molar-refractivity contribution in [2.45, 2.75) is 20.4 Å². The van der Waals surface area contributed by atoms with E-state index >= 15 is 0 Å². The van der Waals surface area contributed by atoms with Crippen LogP contribution in [0.1, 0.15) is 27.9 Å². The molecular formula is C14H17N3OS. The first kappa shape index (κ1) is 13.5. The highest BCUT2D eigenvalue weighted by atomic mass is 32.1. The molecule has 2 heterocycles. The molecule has 2 aromatic rings. The maximum atomic E-state index is 12.5. The number of thiophene rings is 1. The molecule has 100 valence electrons. The van der Waals surface area contributed by atoms with Crippen molar-refractivity contribution in [2.24, 2.45) is 0 Å². The fourth-order valence-electron chi connectivity index (χ4n) is 1.85. The highest BCUT2D eigenvalue weighted by Crippen LogP contribution is 2.16. The minimum Gasteiger partial charge on any atom is -0.397 e. The fourth-order valence-corrected chi connectivity index (χ4v) is 2.57. The van der Waals surface area contributed by atoms with Crippen LogP contribution in [0.5, 0.6) is 0 Å². The molecule has 0 aromatic carbocycles. The molecule has 1 amide bonds. The summed E-state index contributed by atoms with van der Waals surface area (Å²) in [5.74, 6) is -0.0202. The van der Waals surface area contributed by atoms with E-state index in [-0.39, 0.29) is 5.91 Å². The van der Waals surface area contributed by atoms with Crippen LogP contribution in [0.2, 0.25) is 0 Å². The van der Waals surface area contributed by atoms with Crippen LogP contribution in [0, 0.1) is 6.92 Å². The van der Waals surface area contributed by atoms with Crippen molar-refractivity contribution < 1.29 is 4.79 Å². The Morgan fingerprint density at radius 2 is 2.32 bits per heavy atom. The van der Waals surface area contributed by atoms with Gasteiger partial charge in [-0.1, -0.05) is 6.07 Å². The van der Waals surface area contributed by atoms with Gasteiger partial charge < -0.3 is 10.6 Å². The van der Waals surface area contributed by atoms with Crippen LogP contribution in [0.3, 0.4) is 0 Å². The zero-order chi connectivity index (χ0) is 13.8. The molecule has 19 heavy (non-hydrogen) atoms. The largest absolute Gasteiger partial charge is 0.397 e. The van der Waals surface area contributed by atoms with E-state index in [0.29, 0.717) is 30.0 Å². The van der Waals surface area contributed by atoms with Crippen LogP contribution in [0.25, 0.3) is 0 Å². The van der Waals surface area contributed by atoms with Crippen molar-refractivity contribution in [3.8, 4) is 0 Å². The summed E-state index contributed by atoms with van der Waals surface area (Å²) in [6.07, 6.45) is 1.57. The smallest absolute Gasteiger partial charge is 0.256 e. The maximum Gasteiger partial charge on any atom is 0.256 e. The lowest BCUT2D eigenvalue weighted by molar-refractivity contribution is 0.0753. The third-order valence-electron chi connectivity index (χ3n) is 2.93. The van der Waals surface area contributed by atoms with Gasteiger partial charge in [0.1, 0.15) is 0 Å². The molecule has 0 saturated heterocycles. The van der Waals surface area contributed by atoms with Gasteiger partial charge in [-0.25, -0.2) is 0 Å². The van der Waals surface area contributed by atoms with E-state index in [4.69, 9.17) is 5.73 Å². The molecule has 4 nitrogen and oxygen atoms in total. The number of aryl methyl sites for hydroxylation is 1. The van der Waals surface area contributed by atoms with E-state index in [1.54, 1.807) is 28.5 Å². The van der Waals surface area contributed by atoms with Crippen molar-refractivity contribution in [1.82, 2.24) is 9.88 Å². The van der Waals surface area contributed by atoms with Gasteiger partial charge in [0.05, 0.1) is 29.7 Å². The van der Waals surface area contributed by atoms with Crippen molar-refractivity contribution in [3.63, 3.8) is 0 Å². The zero-order valence-corrected chi connectivity index (χ0v) is 11.9. The van der Waals surface area contributed by atoms with Gasteiger partial charge in [0.25, 0.3) is 5.91 Å². The highest BCUT2D eigenvalue weighted by Gasteiger charge is 2.17. The van der Waals surface area contributed by atoms with E-state index in [9.17, 15) is 4.79 Å². The first-order chi connectivity index (χ1) is 9.11. The van der Waals surface area contributed by atoms with Crippen LogP contribution < -0.4 is 5.73 Å². The average Bonchev–Trinajstić information content (AvgIpc) is 2.91. The quantitative estimate of drug-likeness (QED) is 0.933. The summed E-state index contributed by atoms with van der Waals surface area (Å²) < 4.78 is 0. The van der Waals surface area contributed by atoms with E-state index in [2.05, 4.69) is 4.98 Å². The topological polar surface area (TPSA) is 59.2 Å². The van der Waals surface area contributed by atoms with Gasteiger partial charge in [0, 0.05) is 11.4 Å². The van der Waals surface area contributed by atoms with Gasteiger partial charge in [0.15, 0.2) is 0 Å². The molecule has 0 atom stereocenters. The molecule has 0 aliphatic carbocycles. The van der Waals surface area contributed by atoms with E-state index < -0.39 is 0 Å². The SMILES string of the molecule is CCN(Cc1cccs1)C(=O)c1cc(N)cnc1C. The second kappa shape index (κ2) is 5.84. The molecule has 0 spiro atoms. The molecule has 0 saturated carbocycles. The second-order valence-corrected chi connectivity index (χ2v) is 5.33. The number of nitrogens with zero attached hydrogens (tertiary/aromatic N) is 2. The van der Waals surface area contributed by atoms with Gasteiger partial charge in [-0.15, -0.1) is 11.3 Å². The minimum absolute atomic E-state index is 0.0202. The number of aromatic nitrogens is 1. The first-order valence-electron chi connectivity index (χ1n) is 6.15. The lowest BCUT2D eigenvalue weighted by Crippen LogP contribution is -2.30. The van der Waals surface area contributed by atoms with Gasteiger partial charge in [-0.2, -0.15) is 0 Å². The van der Waals surface area contributed by atoms with Crippen LogP contribution in [0.4, 0.5) is 5.69 Å². The minimum atomic E-state index is -0.0202. The Labute approximate surface area is 116 Å². The molecule has 2 N–H and O–H groups in total. The van der Waals surface area contributed by atoms with Gasteiger partial charge >= 0.3 is 0 Å². The fraction of sp³-hybridized carbons (Fsp3) is 0.286. The van der Waals surface area contributed by atoms with Gasteiger partial charge in [-0.3, -0.25) is 9.78 Å². The normalized spacial score (nSPS) is 10.4. The number of anilines is 1. The van der Waals surface area contributed by atoms with Gasteiger partial charge in [-0.05, 0) is 31.4 Å². The van der Waals surface area contributed by atoms with Gasteiger partial charge in [0.2, 0.25) is 0 Å². The number of amides is 1. The molecule has 2 aromatic heterocycles. The van der Waals surface area contributed by atoms with Crippen LogP contribution in [-0.2, 0) is 6.54 Å². The first-order valence-corrected chi connectivity index (χ1v) is 7.03. The van der Waals surface area contributed by atoms with Crippen LogP contribution in [-0.4, -0.2) is 22.3 Å². The number of carbonyl (C=O) groups is 1. The molecule has 2 rings (SSSR count). The van der Waals surface area contributed by atoms with Crippen LogP contribution in [0.15, 0.2) is 29.8 Å². The molecule has 0 aliphatic heterocycles. The third kappa shape index (κ3) is 3.12. The van der Waals surface area contributed by atoms with Crippen molar-refractivity contribution in [3.05, 3.63) is 45.9 Å². The van der Waals surface area contributed by atoms with E-state index in [0.717, 1.165) is 0 Å². The summed E-state index contributed by atoms with van der Waals surface area (Å²) >= 11 is 1.65. The summed E-state index contributed by atoms with van der Waals surface area (Å²) in [7, 11) is 0. The number of nitrogens with two attached hydrogens (primary N) is 1. The van der Waals surface area contributed by atoms with Crippen molar-refractivity contribution in [1.29, 1.82) is 0 Å². The monoisotopic (exact) mass is 275 g/mol. The molecule has 0 bridgehead atoms. The number of nitrogen functional groups attached to an aromatic ring is 1. The lowest BCUT2D eigenvalue weighted by atomic mass is 10.1. The number of hydrogen-bond acceptors (Lipinski definition) is 4. The Balaban J connectivity index is 2.23. The number of hydrogen-bond donors (Lipinski definition) is 1. The molecule has 0 unspecified atom stereocenters. The number of pyridine rings is 1. The molecule has 0 aliphatic rings. The summed E-state index contributed by atoms with van der Waals surface area (Å²) in [6, 6.07) is 5.72. The zero-order valence-electron chi connectivity index (χ0n) is 11.1. The highest BCUT2D eigenvalue weighted by molar-refractivity contribution is 7.09. The van der Waals surface area contributed by atoms with Crippen molar-refractivity contribution in [2.75, 3.05) is 12.3 Å². The molecule has 0 fully saturated rings. The molecule has 0 radical (unpaired) electrons. The predicted octanol–water partition coefficient (Wildman–Crippen LogP) is 2.70. The Morgan fingerprint density at radius 3 is 2.95 bits per heavy atom. The summed E-state index contributed by atoms with van der Waals surface area (Å²) in [5.41, 5.74) is 7.52. The Morgan fingerprint density at radius 1 is 1.53 bits per heavy atom. The molecular weight excluding hydrogens is 258 g/mol. The Hall–Kier alpha value is -1.88. The summed E-state index contributed by atoms with van der Waals surface area (Å²) in [6.45, 7) is 5.08. The van der Waals surface area contributed by atoms with E-state index in [1.807, 2.05) is 31.4 Å². The average molecular weight is 275 g/mol. The maximum absolute atomic E-state index is 12.5. The standard InChI is InChI=1S/C14H17N3OS/c1-3-17(9-12-5-4-6-19-12)14(18)13-7-11(15)8-16-10(13)2/h4-8H,3,9,15H2,1-2H3. The predicted molar refractivity (Wildman–Crippen MR) is 78.1 cm³/mol. The third-order valence-corrected chi connectivity index (χ3v) is 3.80. The van der Waals surface area contributed by atoms with Crippen LogP contribution >= 0.6 is 11.3 Å². The Bertz CT molecular complexity index is 566. The lowest BCUT2D eigenvalue weighted by Gasteiger charge is -2.21. The summed E-state index contributed by atoms with van der Waals surface area (Å²) in [4.78, 5) is 19.6. The molecule has 5 heteroatoms. The van der Waals surface area contributed by atoms with E-state index in [1.165, 1.54) is 4.88 Å². The second-order valence-electron chi connectivity index (χ2n) is 4.30. The Kier molecular flexibility index (Phi) is 4.16. The number of rotatable bonds is 4.